The summed E-state index contributed by atoms with van der Waals surface area (Å²) in [6.07, 6.45) is 21.1. The molecule has 0 aromatic rings. The van der Waals surface area contributed by atoms with Crippen molar-refractivity contribution in [1.29, 1.82) is 0 Å². The van der Waals surface area contributed by atoms with Crippen molar-refractivity contribution < 1.29 is 18.1 Å². The Balaban J connectivity index is 3.38. The van der Waals surface area contributed by atoms with Gasteiger partial charge in [0.2, 0.25) is 0 Å². The summed E-state index contributed by atoms with van der Waals surface area (Å²) in [5.74, 6) is 0. The highest BCUT2D eigenvalue weighted by atomic mass is 31.2. The van der Waals surface area contributed by atoms with E-state index < -0.39 is 7.82 Å². The third-order valence-corrected chi connectivity index (χ3v) is 6.48. The van der Waals surface area contributed by atoms with E-state index in [1.165, 1.54) is 89.9 Å². The number of hydrogen-bond acceptors (Lipinski definition) is 6. The summed E-state index contributed by atoms with van der Waals surface area (Å²) in [4.78, 5) is 0. The van der Waals surface area contributed by atoms with Crippen LogP contribution in [0.3, 0.4) is 0 Å². The molecule has 0 saturated carbocycles. The van der Waals surface area contributed by atoms with Gasteiger partial charge in [0.25, 0.3) is 0 Å². The van der Waals surface area contributed by atoms with E-state index in [-0.39, 0.29) is 26.3 Å². The van der Waals surface area contributed by atoms with Gasteiger partial charge in [0.05, 0.1) is 19.8 Å². The maximum absolute atomic E-state index is 12.3. The second-order valence-corrected chi connectivity index (χ2v) is 9.50. The summed E-state index contributed by atoms with van der Waals surface area (Å²) >= 11 is 0. The van der Waals surface area contributed by atoms with Gasteiger partial charge >= 0.3 is 7.82 Å². The van der Waals surface area contributed by atoms with Crippen LogP contribution < -0.4 is 11.5 Å². The van der Waals surface area contributed by atoms with Gasteiger partial charge in [-0.15, -0.1) is 0 Å². The topological polar surface area (TPSA) is 96.8 Å². The van der Waals surface area contributed by atoms with Crippen LogP contribution in [0.2, 0.25) is 0 Å². The van der Waals surface area contributed by atoms with Crippen LogP contribution in [-0.2, 0) is 18.1 Å². The summed E-state index contributed by atoms with van der Waals surface area (Å²) < 4.78 is 27.9. The van der Waals surface area contributed by atoms with Crippen molar-refractivity contribution in [3.05, 3.63) is 0 Å². The van der Waals surface area contributed by atoms with Gasteiger partial charge in [0, 0.05) is 13.1 Å². The number of phosphoric acid groups is 1. The van der Waals surface area contributed by atoms with Gasteiger partial charge in [-0.1, -0.05) is 103 Å². The molecule has 0 fully saturated rings. The molecule has 0 radical (unpaired) electrons. The molecule has 6 nitrogen and oxygen atoms in total. The highest BCUT2D eigenvalue weighted by molar-refractivity contribution is 7.48. The first kappa shape index (κ1) is 29.0. The SMILES string of the molecule is CCCCCCCCCCCCCCCCCCOP(=O)(OCCN)OCCN. The molecular formula is C22H49N2O4P. The second-order valence-electron chi connectivity index (χ2n) is 7.83. The highest BCUT2D eigenvalue weighted by Gasteiger charge is 2.25. The van der Waals surface area contributed by atoms with Crippen molar-refractivity contribution in [3.63, 3.8) is 0 Å². The van der Waals surface area contributed by atoms with Crippen LogP contribution in [-0.4, -0.2) is 32.9 Å². The lowest BCUT2D eigenvalue weighted by molar-refractivity contribution is 0.116. The quantitative estimate of drug-likeness (QED) is 0.136. The van der Waals surface area contributed by atoms with Gasteiger partial charge in [0.15, 0.2) is 0 Å². The van der Waals surface area contributed by atoms with Gasteiger partial charge < -0.3 is 11.5 Å². The van der Waals surface area contributed by atoms with Crippen LogP contribution in [0, 0.1) is 0 Å². The summed E-state index contributed by atoms with van der Waals surface area (Å²) in [5, 5.41) is 0. The first-order chi connectivity index (χ1) is 14.2. The fraction of sp³-hybridized carbons (Fsp3) is 1.00. The second kappa shape index (κ2) is 22.7. The van der Waals surface area contributed by atoms with Crippen LogP contribution in [0.4, 0.5) is 0 Å². The van der Waals surface area contributed by atoms with Crippen LogP contribution >= 0.6 is 7.82 Å². The standard InChI is InChI=1S/C22H49N2O4P/c1-2-3-4-5-6-7-8-9-10-11-12-13-14-15-16-17-20-26-29(25,27-21-18-23)28-22-19-24/h2-24H2,1H3. The Hall–Kier alpha value is 0.0300. The van der Waals surface area contributed by atoms with Gasteiger partial charge in [-0.25, -0.2) is 4.57 Å². The number of hydrogen-bond donors (Lipinski definition) is 2. The van der Waals surface area contributed by atoms with E-state index in [4.69, 9.17) is 25.0 Å². The molecule has 0 atom stereocenters. The molecule has 0 rings (SSSR count). The number of unbranched alkanes of at least 4 members (excludes halogenated alkanes) is 15. The summed E-state index contributed by atoms with van der Waals surface area (Å²) in [5.41, 5.74) is 10.8. The Morgan fingerprint density at radius 3 is 1.17 bits per heavy atom. The maximum atomic E-state index is 12.3. The third-order valence-electron chi connectivity index (χ3n) is 4.98. The van der Waals surface area contributed by atoms with Crippen LogP contribution in [0.15, 0.2) is 0 Å². The number of nitrogens with two attached hydrogens (primary N) is 2. The van der Waals surface area contributed by atoms with E-state index in [0.717, 1.165) is 12.8 Å². The van der Waals surface area contributed by atoms with Crippen molar-refractivity contribution in [2.45, 2.75) is 110 Å². The summed E-state index contributed by atoms with van der Waals surface area (Å²) in [6.45, 7) is 3.51. The lowest BCUT2D eigenvalue weighted by atomic mass is 10.0. The monoisotopic (exact) mass is 436 g/mol. The molecule has 0 bridgehead atoms. The van der Waals surface area contributed by atoms with E-state index >= 15 is 0 Å². The van der Waals surface area contributed by atoms with Crippen LogP contribution in [0.5, 0.6) is 0 Å². The molecule has 0 amide bonds. The molecule has 0 unspecified atom stereocenters. The van der Waals surface area contributed by atoms with E-state index in [9.17, 15) is 4.57 Å². The largest absolute Gasteiger partial charge is 0.474 e. The van der Waals surface area contributed by atoms with Crippen LogP contribution in [0.25, 0.3) is 0 Å². The third kappa shape index (κ3) is 21.1. The predicted molar refractivity (Wildman–Crippen MR) is 123 cm³/mol. The average Bonchev–Trinajstić information content (AvgIpc) is 2.73. The summed E-state index contributed by atoms with van der Waals surface area (Å²) in [7, 11) is -3.50. The fourth-order valence-electron chi connectivity index (χ4n) is 3.27. The van der Waals surface area contributed by atoms with Gasteiger partial charge in [-0.2, -0.15) is 0 Å². The molecule has 0 spiro atoms. The minimum Gasteiger partial charge on any atom is -0.328 e. The molecule has 0 aliphatic rings. The van der Waals surface area contributed by atoms with E-state index in [1.807, 2.05) is 0 Å². The van der Waals surface area contributed by atoms with Crippen molar-refractivity contribution in [1.82, 2.24) is 0 Å². The van der Waals surface area contributed by atoms with E-state index in [1.54, 1.807) is 0 Å². The molecular weight excluding hydrogens is 387 g/mol. The molecule has 176 valence electrons. The van der Waals surface area contributed by atoms with Gasteiger partial charge in [0.1, 0.15) is 0 Å². The van der Waals surface area contributed by atoms with E-state index in [0.29, 0.717) is 6.61 Å². The van der Waals surface area contributed by atoms with Crippen molar-refractivity contribution >= 4 is 7.82 Å². The molecule has 0 aliphatic heterocycles. The van der Waals surface area contributed by atoms with Crippen molar-refractivity contribution in [3.8, 4) is 0 Å². The molecule has 0 saturated heterocycles. The Morgan fingerprint density at radius 2 is 0.828 bits per heavy atom. The molecule has 0 heterocycles. The average molecular weight is 437 g/mol. The number of phosphoric ester groups is 1. The molecule has 4 N–H and O–H groups in total. The van der Waals surface area contributed by atoms with Crippen molar-refractivity contribution in [2.24, 2.45) is 11.5 Å². The highest BCUT2D eigenvalue weighted by Crippen LogP contribution is 2.49. The molecule has 0 aromatic carbocycles. The molecule has 29 heavy (non-hydrogen) atoms. The Bertz CT molecular complexity index is 361. The smallest absolute Gasteiger partial charge is 0.328 e. The molecule has 0 aromatic heterocycles. The zero-order valence-electron chi connectivity index (χ0n) is 19.1. The minimum atomic E-state index is -3.50. The Labute approximate surface area is 180 Å². The summed E-state index contributed by atoms with van der Waals surface area (Å²) in [6, 6.07) is 0. The van der Waals surface area contributed by atoms with Gasteiger partial charge in [-0.3, -0.25) is 13.6 Å². The normalized spacial score (nSPS) is 12.0. The molecule has 7 heteroatoms. The first-order valence-corrected chi connectivity index (χ1v) is 13.6. The Kier molecular flexibility index (Phi) is 22.7. The maximum Gasteiger partial charge on any atom is 0.474 e. The first-order valence-electron chi connectivity index (χ1n) is 12.1. The Morgan fingerprint density at radius 1 is 0.517 bits per heavy atom. The zero-order chi connectivity index (χ0) is 21.5. The lowest BCUT2D eigenvalue weighted by Crippen LogP contribution is -2.13. The zero-order valence-corrected chi connectivity index (χ0v) is 20.0. The lowest BCUT2D eigenvalue weighted by Gasteiger charge is -2.17. The predicted octanol–water partition coefficient (Wildman–Crippen LogP) is 6.32. The minimum absolute atomic E-state index is 0.154. The van der Waals surface area contributed by atoms with E-state index in [2.05, 4.69) is 6.92 Å². The number of rotatable bonds is 24. The van der Waals surface area contributed by atoms with Crippen molar-refractivity contribution in [2.75, 3.05) is 32.9 Å². The van der Waals surface area contributed by atoms with Gasteiger partial charge in [-0.05, 0) is 6.42 Å². The molecule has 0 aliphatic carbocycles. The van der Waals surface area contributed by atoms with Crippen LogP contribution in [0.1, 0.15) is 110 Å². The fourth-order valence-corrected chi connectivity index (χ4v) is 4.50.